The van der Waals surface area contributed by atoms with E-state index >= 15 is 0 Å². The van der Waals surface area contributed by atoms with E-state index in [9.17, 15) is 4.79 Å². The van der Waals surface area contributed by atoms with Crippen LogP contribution < -0.4 is 5.56 Å². The van der Waals surface area contributed by atoms with Crippen LogP contribution in [0.5, 0.6) is 0 Å². The third kappa shape index (κ3) is 3.18. The van der Waals surface area contributed by atoms with E-state index in [1.807, 2.05) is 10.6 Å². The van der Waals surface area contributed by atoms with Crippen molar-refractivity contribution in [3.05, 3.63) is 58.4 Å². The Bertz CT molecular complexity index is 922. The molecule has 0 radical (unpaired) electrons. The van der Waals surface area contributed by atoms with Crippen LogP contribution in [-0.2, 0) is 18.4 Å². The van der Waals surface area contributed by atoms with E-state index in [-0.39, 0.29) is 11.0 Å². The van der Waals surface area contributed by atoms with Crippen LogP contribution in [0.4, 0.5) is 0 Å². The summed E-state index contributed by atoms with van der Waals surface area (Å²) in [5.41, 5.74) is 4.60. The summed E-state index contributed by atoms with van der Waals surface area (Å²) in [7, 11) is 0. The van der Waals surface area contributed by atoms with Crippen molar-refractivity contribution in [2.24, 2.45) is 5.92 Å². The zero-order valence-corrected chi connectivity index (χ0v) is 17.1. The normalized spacial score (nSPS) is 17.1. The molecule has 2 aliphatic carbocycles. The highest BCUT2D eigenvalue weighted by atomic mass is 32.2. The Balaban J connectivity index is 1.99. The average molecular weight is 381 g/mol. The minimum absolute atomic E-state index is 0.0197. The molecule has 1 fully saturated rings. The summed E-state index contributed by atoms with van der Waals surface area (Å²) in [6.45, 7) is 8.88. The molecule has 27 heavy (non-hydrogen) atoms. The molecule has 3 nitrogen and oxygen atoms in total. The second-order valence-electron chi connectivity index (χ2n) is 8.35. The highest BCUT2D eigenvalue weighted by Gasteiger charge is 2.44. The van der Waals surface area contributed by atoms with Crippen LogP contribution in [0.15, 0.2) is 46.9 Å². The molecule has 1 spiro atoms. The monoisotopic (exact) mass is 380 g/mol. The van der Waals surface area contributed by atoms with E-state index in [2.05, 4.69) is 44.7 Å². The lowest BCUT2D eigenvalue weighted by Gasteiger charge is -2.36. The van der Waals surface area contributed by atoms with Gasteiger partial charge in [-0.3, -0.25) is 9.36 Å². The Morgan fingerprint density at radius 3 is 2.74 bits per heavy atom. The zero-order chi connectivity index (χ0) is 19.0. The van der Waals surface area contributed by atoms with Gasteiger partial charge in [0, 0.05) is 23.3 Å². The summed E-state index contributed by atoms with van der Waals surface area (Å²) < 4.78 is 1.94. The van der Waals surface area contributed by atoms with Gasteiger partial charge in [-0.15, -0.1) is 6.58 Å². The fraction of sp³-hybridized carbons (Fsp3) is 0.478. The Labute approximate surface area is 165 Å². The number of hydrogen-bond donors (Lipinski definition) is 0. The number of rotatable bonds is 5. The van der Waals surface area contributed by atoms with E-state index in [4.69, 9.17) is 4.98 Å². The van der Waals surface area contributed by atoms with E-state index in [1.54, 1.807) is 11.8 Å². The Morgan fingerprint density at radius 1 is 1.30 bits per heavy atom. The molecule has 4 heteroatoms. The van der Waals surface area contributed by atoms with Crippen molar-refractivity contribution < 1.29 is 0 Å². The molecule has 1 aromatic carbocycles. The van der Waals surface area contributed by atoms with Crippen molar-refractivity contribution >= 4 is 11.8 Å². The van der Waals surface area contributed by atoms with E-state index in [0.717, 1.165) is 53.5 Å². The lowest BCUT2D eigenvalue weighted by Crippen LogP contribution is -2.40. The number of nitrogens with zero attached hydrogens (tertiary/aromatic N) is 2. The van der Waals surface area contributed by atoms with Crippen molar-refractivity contribution in [3.8, 4) is 11.3 Å². The number of aromatic nitrogens is 2. The molecule has 1 aromatic heterocycles. The third-order valence-corrected chi connectivity index (χ3v) is 6.88. The van der Waals surface area contributed by atoms with Gasteiger partial charge in [-0.1, -0.05) is 68.8 Å². The molecule has 0 saturated heterocycles. The summed E-state index contributed by atoms with van der Waals surface area (Å²) in [6, 6.07) is 8.53. The Kier molecular flexibility index (Phi) is 5.02. The fourth-order valence-corrected chi connectivity index (χ4v) is 5.55. The van der Waals surface area contributed by atoms with Gasteiger partial charge < -0.3 is 0 Å². The van der Waals surface area contributed by atoms with Crippen molar-refractivity contribution in [1.82, 2.24) is 9.55 Å². The second kappa shape index (κ2) is 7.31. The quantitative estimate of drug-likeness (QED) is 0.406. The van der Waals surface area contributed by atoms with Crippen LogP contribution in [-0.4, -0.2) is 15.3 Å². The average Bonchev–Trinajstić information content (AvgIpc) is 3.10. The standard InChI is InChI=1S/C23H28N2OS/c1-4-13-27-22-24-20-18-10-6-5-9-17(18)14-23(11-7-8-12-23)19(20)21(26)25(22)15-16(2)3/h4-6,9-10,16H,1,7-8,11-15H2,2-3H3. The summed E-state index contributed by atoms with van der Waals surface area (Å²) in [5, 5.41) is 0.831. The predicted octanol–water partition coefficient (Wildman–Crippen LogP) is 5.21. The second-order valence-corrected chi connectivity index (χ2v) is 9.34. The SMILES string of the molecule is C=CCSc1nc2c(c(=O)n1CC(C)C)C1(CCCC1)Cc1ccccc1-2. The molecule has 0 atom stereocenters. The van der Waals surface area contributed by atoms with Gasteiger partial charge in [0.1, 0.15) is 0 Å². The van der Waals surface area contributed by atoms with Gasteiger partial charge in [-0.05, 0) is 30.7 Å². The van der Waals surface area contributed by atoms with Crippen LogP contribution in [0.1, 0.15) is 50.7 Å². The van der Waals surface area contributed by atoms with Gasteiger partial charge in [0.15, 0.2) is 5.16 Å². The van der Waals surface area contributed by atoms with Crippen LogP contribution in [0.3, 0.4) is 0 Å². The zero-order valence-electron chi connectivity index (χ0n) is 16.3. The summed E-state index contributed by atoms with van der Waals surface area (Å²) >= 11 is 1.62. The van der Waals surface area contributed by atoms with Gasteiger partial charge in [0.2, 0.25) is 0 Å². The largest absolute Gasteiger partial charge is 0.287 e. The number of benzene rings is 1. The molecule has 0 bridgehead atoms. The molecular weight excluding hydrogens is 352 g/mol. The minimum Gasteiger partial charge on any atom is -0.287 e. The van der Waals surface area contributed by atoms with Gasteiger partial charge >= 0.3 is 0 Å². The molecule has 0 N–H and O–H groups in total. The first-order chi connectivity index (χ1) is 13.1. The van der Waals surface area contributed by atoms with Crippen LogP contribution in [0, 0.1) is 5.92 Å². The first-order valence-corrected chi connectivity index (χ1v) is 11.0. The molecule has 0 amide bonds. The van der Waals surface area contributed by atoms with Gasteiger partial charge in [-0.25, -0.2) is 4.98 Å². The van der Waals surface area contributed by atoms with E-state index < -0.39 is 0 Å². The first kappa shape index (κ1) is 18.5. The molecule has 0 unspecified atom stereocenters. The van der Waals surface area contributed by atoms with E-state index in [1.165, 1.54) is 18.4 Å². The van der Waals surface area contributed by atoms with Crippen molar-refractivity contribution in [2.45, 2.75) is 63.1 Å². The maximum atomic E-state index is 13.8. The topological polar surface area (TPSA) is 34.9 Å². The molecular formula is C23H28N2OS. The highest BCUT2D eigenvalue weighted by molar-refractivity contribution is 7.99. The van der Waals surface area contributed by atoms with Crippen LogP contribution >= 0.6 is 11.8 Å². The van der Waals surface area contributed by atoms with Crippen LogP contribution in [0.25, 0.3) is 11.3 Å². The van der Waals surface area contributed by atoms with Crippen molar-refractivity contribution in [1.29, 1.82) is 0 Å². The minimum atomic E-state index is -0.0197. The first-order valence-electron chi connectivity index (χ1n) is 10.0. The number of hydrogen-bond acceptors (Lipinski definition) is 3. The Morgan fingerprint density at radius 2 is 2.04 bits per heavy atom. The predicted molar refractivity (Wildman–Crippen MR) is 114 cm³/mol. The molecule has 2 aromatic rings. The van der Waals surface area contributed by atoms with Crippen molar-refractivity contribution in [2.75, 3.05) is 5.75 Å². The summed E-state index contributed by atoms with van der Waals surface area (Å²) in [6.07, 6.45) is 7.48. The smallest absolute Gasteiger partial charge is 0.258 e. The lowest BCUT2D eigenvalue weighted by molar-refractivity contribution is 0.404. The van der Waals surface area contributed by atoms with Crippen molar-refractivity contribution in [3.63, 3.8) is 0 Å². The molecule has 2 aliphatic rings. The van der Waals surface area contributed by atoms with Gasteiger partial charge in [0.25, 0.3) is 5.56 Å². The molecule has 1 saturated carbocycles. The maximum Gasteiger partial charge on any atom is 0.258 e. The molecule has 1 heterocycles. The molecule has 142 valence electrons. The third-order valence-electron chi connectivity index (χ3n) is 5.90. The summed E-state index contributed by atoms with van der Waals surface area (Å²) in [5.74, 6) is 1.16. The van der Waals surface area contributed by atoms with E-state index in [0.29, 0.717) is 5.92 Å². The number of thioether (sulfide) groups is 1. The highest BCUT2D eigenvalue weighted by Crippen LogP contribution is 2.49. The van der Waals surface area contributed by atoms with Gasteiger partial charge in [-0.2, -0.15) is 0 Å². The molecule has 0 aliphatic heterocycles. The van der Waals surface area contributed by atoms with Gasteiger partial charge in [0.05, 0.1) is 11.3 Å². The summed E-state index contributed by atoms with van der Waals surface area (Å²) in [4.78, 5) is 18.9. The maximum absolute atomic E-state index is 13.8. The van der Waals surface area contributed by atoms with Crippen LogP contribution in [0.2, 0.25) is 0 Å². The Hall–Kier alpha value is -1.81. The fourth-order valence-electron chi connectivity index (χ4n) is 4.81. The number of fused-ring (bicyclic) bond motifs is 4. The molecule has 4 rings (SSSR count). The lowest BCUT2D eigenvalue weighted by atomic mass is 9.68.